The summed E-state index contributed by atoms with van der Waals surface area (Å²) in [5.74, 6) is -0.153. The Kier molecular flexibility index (Phi) is 6.12. The normalized spacial score (nSPS) is 11.4. The molecule has 0 atom stereocenters. The van der Waals surface area contributed by atoms with Crippen LogP contribution in [0.1, 0.15) is 29.4 Å². The number of halogens is 1. The molecular weight excluding hydrogens is 410 g/mol. The molecule has 0 aliphatic heterocycles. The van der Waals surface area contributed by atoms with E-state index in [1.54, 1.807) is 24.3 Å². The zero-order valence-corrected chi connectivity index (χ0v) is 17.7. The molecule has 3 rings (SSSR count). The predicted molar refractivity (Wildman–Crippen MR) is 115 cm³/mol. The molecule has 1 heterocycles. The van der Waals surface area contributed by atoms with Gasteiger partial charge >= 0.3 is 0 Å². The molecule has 0 fully saturated rings. The number of sulfonamides is 1. The van der Waals surface area contributed by atoms with Crippen LogP contribution >= 0.6 is 11.6 Å². The number of aromatic nitrogens is 1. The molecule has 0 radical (unpaired) electrons. The predicted octanol–water partition coefficient (Wildman–Crippen LogP) is 3.89. The Morgan fingerprint density at radius 3 is 2.28 bits per heavy atom. The van der Waals surface area contributed by atoms with Gasteiger partial charge in [0.05, 0.1) is 16.2 Å². The third-order valence-corrected chi connectivity index (χ3v) is 5.77. The van der Waals surface area contributed by atoms with Crippen molar-refractivity contribution >= 4 is 27.5 Å². The number of nitrogens with zero attached hydrogens (tertiary/aromatic N) is 1. The van der Waals surface area contributed by atoms with E-state index >= 15 is 0 Å². The molecule has 6 nitrogen and oxygen atoms in total. The van der Waals surface area contributed by atoms with E-state index in [0.717, 1.165) is 29.1 Å². The first-order chi connectivity index (χ1) is 13.7. The van der Waals surface area contributed by atoms with Gasteiger partial charge in [-0.1, -0.05) is 30.7 Å². The minimum absolute atomic E-state index is 0.0278. The van der Waals surface area contributed by atoms with Crippen molar-refractivity contribution in [3.8, 4) is 16.9 Å². The molecule has 0 saturated heterocycles. The van der Waals surface area contributed by atoms with Gasteiger partial charge in [0.25, 0.3) is 5.91 Å². The molecule has 3 aromatic rings. The molecule has 3 N–H and O–H groups in total. The molecule has 1 amide bonds. The fraction of sp³-hybridized carbons (Fsp3) is 0.190. The summed E-state index contributed by atoms with van der Waals surface area (Å²) in [5, 5.41) is 8.72. The number of hydrogen-bond donors (Lipinski definition) is 2. The zero-order valence-electron chi connectivity index (χ0n) is 16.1. The number of carbonyl (C=O) groups is 1. The number of carbonyl (C=O) groups excluding carboxylic acids is 1. The second-order valence-corrected chi connectivity index (χ2v) is 8.66. The molecule has 2 aromatic carbocycles. The van der Waals surface area contributed by atoms with E-state index in [1.807, 2.05) is 36.6 Å². The van der Waals surface area contributed by atoms with E-state index in [9.17, 15) is 13.2 Å². The molecule has 0 spiro atoms. The third kappa shape index (κ3) is 4.53. The largest absolute Gasteiger partial charge is 0.352 e. The lowest BCUT2D eigenvalue weighted by molar-refractivity contribution is 0.0953. The quantitative estimate of drug-likeness (QED) is 0.619. The maximum absolute atomic E-state index is 12.7. The minimum Gasteiger partial charge on any atom is -0.352 e. The lowest BCUT2D eigenvalue weighted by Crippen LogP contribution is -2.24. The maximum Gasteiger partial charge on any atom is 0.253 e. The van der Waals surface area contributed by atoms with E-state index in [-0.39, 0.29) is 10.8 Å². The van der Waals surface area contributed by atoms with E-state index in [2.05, 4.69) is 5.32 Å². The smallest absolute Gasteiger partial charge is 0.253 e. The van der Waals surface area contributed by atoms with Gasteiger partial charge in [-0.2, -0.15) is 0 Å². The van der Waals surface area contributed by atoms with Crippen molar-refractivity contribution in [2.45, 2.75) is 25.2 Å². The van der Waals surface area contributed by atoms with Crippen molar-refractivity contribution in [2.75, 3.05) is 6.54 Å². The summed E-state index contributed by atoms with van der Waals surface area (Å²) in [6, 6.07) is 15.4. The Balaban J connectivity index is 2.16. The lowest BCUT2D eigenvalue weighted by atomic mass is 10.1. The minimum atomic E-state index is -3.79. The standard InChI is InChI=1S/C21H22ClN3O3S/c1-3-12-24-21(26)19-13-20(15-4-6-16(22)7-5-15)25(14(19)2)17-8-10-18(11-9-17)29(23,27)28/h4-11,13H,3,12H2,1-2H3,(H,24,26)(H2,23,27,28). The SMILES string of the molecule is CCCNC(=O)c1cc(-c2ccc(Cl)cc2)n(-c2ccc(S(N)(=O)=O)cc2)c1C. The van der Waals surface area contributed by atoms with Crippen LogP contribution < -0.4 is 10.5 Å². The molecule has 29 heavy (non-hydrogen) atoms. The van der Waals surface area contributed by atoms with Crippen molar-refractivity contribution in [1.82, 2.24) is 9.88 Å². The van der Waals surface area contributed by atoms with Gasteiger partial charge < -0.3 is 9.88 Å². The highest BCUT2D eigenvalue weighted by atomic mass is 35.5. The van der Waals surface area contributed by atoms with Gasteiger partial charge in [0.2, 0.25) is 10.0 Å². The molecule has 1 aromatic heterocycles. The summed E-state index contributed by atoms with van der Waals surface area (Å²) in [5.41, 5.74) is 3.69. The molecule has 0 aliphatic carbocycles. The maximum atomic E-state index is 12.7. The Morgan fingerprint density at radius 2 is 1.72 bits per heavy atom. The number of amides is 1. The van der Waals surface area contributed by atoms with Gasteiger partial charge in [-0.15, -0.1) is 0 Å². The topological polar surface area (TPSA) is 94.2 Å². The van der Waals surface area contributed by atoms with Crippen molar-refractivity contribution < 1.29 is 13.2 Å². The van der Waals surface area contributed by atoms with Crippen LogP contribution in [0.2, 0.25) is 5.02 Å². The lowest BCUT2D eigenvalue weighted by Gasteiger charge is -2.13. The number of nitrogens with two attached hydrogens (primary N) is 1. The van der Waals surface area contributed by atoms with Gasteiger partial charge in [0.15, 0.2) is 0 Å². The highest BCUT2D eigenvalue weighted by molar-refractivity contribution is 7.89. The molecule has 8 heteroatoms. The first kappa shape index (κ1) is 21.1. The second kappa shape index (κ2) is 8.41. The summed E-state index contributed by atoms with van der Waals surface area (Å²) in [6.07, 6.45) is 0.838. The van der Waals surface area contributed by atoms with Crippen LogP contribution in [0.5, 0.6) is 0 Å². The summed E-state index contributed by atoms with van der Waals surface area (Å²) in [6.45, 7) is 4.43. The Morgan fingerprint density at radius 1 is 1.10 bits per heavy atom. The van der Waals surface area contributed by atoms with Crippen molar-refractivity contribution in [3.63, 3.8) is 0 Å². The Labute approximate surface area is 175 Å². The van der Waals surface area contributed by atoms with Crippen molar-refractivity contribution in [3.05, 3.63) is 70.9 Å². The van der Waals surface area contributed by atoms with Crippen LogP contribution in [0.15, 0.2) is 59.5 Å². The van der Waals surface area contributed by atoms with E-state index < -0.39 is 10.0 Å². The van der Waals surface area contributed by atoms with Gasteiger partial charge in [-0.25, -0.2) is 13.6 Å². The average Bonchev–Trinajstić information content (AvgIpc) is 3.03. The molecule has 0 saturated carbocycles. The van der Waals surface area contributed by atoms with Crippen molar-refractivity contribution in [1.29, 1.82) is 0 Å². The summed E-state index contributed by atoms with van der Waals surface area (Å²) < 4.78 is 25.0. The fourth-order valence-corrected chi connectivity index (χ4v) is 3.76. The summed E-state index contributed by atoms with van der Waals surface area (Å²) in [4.78, 5) is 12.7. The Bertz CT molecular complexity index is 1140. The second-order valence-electron chi connectivity index (χ2n) is 6.67. The molecule has 0 aliphatic rings. The van der Waals surface area contributed by atoms with Gasteiger partial charge in [-0.3, -0.25) is 4.79 Å². The first-order valence-electron chi connectivity index (χ1n) is 9.12. The summed E-state index contributed by atoms with van der Waals surface area (Å²) in [7, 11) is -3.79. The van der Waals surface area contributed by atoms with E-state index in [4.69, 9.17) is 16.7 Å². The number of hydrogen-bond acceptors (Lipinski definition) is 3. The average molecular weight is 432 g/mol. The summed E-state index contributed by atoms with van der Waals surface area (Å²) >= 11 is 6.02. The van der Waals surface area contributed by atoms with Crippen LogP contribution in [0.4, 0.5) is 0 Å². The Hall–Kier alpha value is -2.61. The monoisotopic (exact) mass is 431 g/mol. The molecular formula is C21H22ClN3O3S. The van der Waals surface area contributed by atoms with Crippen LogP contribution in [-0.2, 0) is 10.0 Å². The zero-order chi connectivity index (χ0) is 21.2. The fourth-order valence-electron chi connectivity index (χ4n) is 3.12. The molecule has 0 bridgehead atoms. The third-order valence-electron chi connectivity index (χ3n) is 4.59. The van der Waals surface area contributed by atoms with Crippen LogP contribution in [-0.4, -0.2) is 25.4 Å². The number of rotatable bonds is 6. The number of nitrogens with one attached hydrogen (secondary N) is 1. The molecule has 152 valence electrons. The van der Waals surface area contributed by atoms with E-state index in [1.165, 1.54) is 12.1 Å². The van der Waals surface area contributed by atoms with Crippen LogP contribution in [0.3, 0.4) is 0 Å². The van der Waals surface area contributed by atoms with Gasteiger partial charge in [-0.05, 0) is 61.4 Å². The van der Waals surface area contributed by atoms with E-state index in [0.29, 0.717) is 17.1 Å². The highest BCUT2D eigenvalue weighted by Gasteiger charge is 2.20. The van der Waals surface area contributed by atoms with Crippen molar-refractivity contribution in [2.24, 2.45) is 5.14 Å². The van der Waals surface area contributed by atoms with Gasteiger partial charge in [0.1, 0.15) is 0 Å². The van der Waals surface area contributed by atoms with Gasteiger partial charge in [0, 0.05) is 22.9 Å². The highest BCUT2D eigenvalue weighted by Crippen LogP contribution is 2.30. The van der Waals surface area contributed by atoms with Crippen LogP contribution in [0, 0.1) is 6.92 Å². The van der Waals surface area contributed by atoms with Crippen LogP contribution in [0.25, 0.3) is 16.9 Å². The number of primary sulfonamides is 1. The number of benzene rings is 2. The first-order valence-corrected chi connectivity index (χ1v) is 11.0. The molecule has 0 unspecified atom stereocenters.